The number of benzene rings is 1. The number of rotatable bonds is 3. The van der Waals surface area contributed by atoms with Gasteiger partial charge >= 0.3 is 5.97 Å². The summed E-state index contributed by atoms with van der Waals surface area (Å²) in [6.07, 6.45) is 1.20. The molecule has 0 aliphatic heterocycles. The molecule has 1 aromatic rings. The molecule has 6 nitrogen and oxygen atoms in total. The second-order valence-electron chi connectivity index (χ2n) is 3.21. The van der Waals surface area contributed by atoms with E-state index >= 15 is 0 Å². The number of sulfone groups is 1. The molecular formula is C10H15CuNO5S. The Hall–Kier alpha value is -0.921. The Balaban J connectivity index is 0. The second kappa shape index (κ2) is 9.07. The summed E-state index contributed by atoms with van der Waals surface area (Å²) < 4.78 is 21.7. The van der Waals surface area contributed by atoms with Gasteiger partial charge < -0.3 is 15.9 Å². The van der Waals surface area contributed by atoms with Crippen molar-refractivity contribution in [1.29, 1.82) is 0 Å². The Kier molecular flexibility index (Phi) is 9.78. The maximum absolute atomic E-state index is 10.8. The van der Waals surface area contributed by atoms with Crippen LogP contribution in [0.3, 0.4) is 0 Å². The molecule has 0 heterocycles. The van der Waals surface area contributed by atoms with Gasteiger partial charge in [0.2, 0.25) is 0 Å². The summed E-state index contributed by atoms with van der Waals surface area (Å²) in [7, 11) is -3.00. The number of carboxylic acids is 1. The SMILES string of the molecule is CS(=O)(=O)c1ccccc1.NC(CO)C(=O)O.[Cu]. The molecule has 0 fully saturated rings. The van der Waals surface area contributed by atoms with E-state index in [4.69, 9.17) is 15.9 Å². The van der Waals surface area contributed by atoms with E-state index < -0.39 is 28.5 Å². The third-order valence-corrected chi connectivity index (χ3v) is 2.81. The number of aliphatic carboxylic acids is 1. The minimum Gasteiger partial charge on any atom is -0.480 e. The van der Waals surface area contributed by atoms with Gasteiger partial charge in [0.15, 0.2) is 9.84 Å². The average Bonchev–Trinajstić information content (AvgIpc) is 2.28. The van der Waals surface area contributed by atoms with Crippen molar-refractivity contribution in [3.8, 4) is 0 Å². The summed E-state index contributed by atoms with van der Waals surface area (Å²) in [6.45, 7) is -0.505. The number of hydrogen-bond acceptors (Lipinski definition) is 5. The van der Waals surface area contributed by atoms with Crippen LogP contribution in [0.4, 0.5) is 0 Å². The van der Waals surface area contributed by atoms with Crippen LogP contribution in [-0.4, -0.2) is 43.5 Å². The van der Waals surface area contributed by atoms with Crippen molar-refractivity contribution in [2.24, 2.45) is 5.73 Å². The fourth-order valence-corrected chi connectivity index (χ4v) is 1.40. The molecule has 0 aliphatic rings. The Morgan fingerprint density at radius 3 is 1.94 bits per heavy atom. The van der Waals surface area contributed by atoms with Gasteiger partial charge in [-0.05, 0) is 12.1 Å². The Morgan fingerprint density at radius 2 is 1.78 bits per heavy atom. The average molecular weight is 325 g/mol. The molecule has 1 unspecified atom stereocenters. The van der Waals surface area contributed by atoms with E-state index in [0.717, 1.165) is 0 Å². The van der Waals surface area contributed by atoms with Crippen LogP contribution in [0.2, 0.25) is 0 Å². The first-order valence-corrected chi connectivity index (χ1v) is 6.52. The number of aliphatic hydroxyl groups excluding tert-OH is 1. The topological polar surface area (TPSA) is 118 Å². The van der Waals surface area contributed by atoms with E-state index in [2.05, 4.69) is 0 Å². The van der Waals surface area contributed by atoms with Gasteiger partial charge in [-0.2, -0.15) is 0 Å². The molecule has 1 atom stereocenters. The van der Waals surface area contributed by atoms with Gasteiger partial charge in [-0.25, -0.2) is 8.42 Å². The molecule has 18 heavy (non-hydrogen) atoms. The van der Waals surface area contributed by atoms with Gasteiger partial charge in [0.1, 0.15) is 6.04 Å². The van der Waals surface area contributed by atoms with Crippen LogP contribution in [0.1, 0.15) is 0 Å². The molecule has 4 N–H and O–H groups in total. The first-order valence-electron chi connectivity index (χ1n) is 4.63. The zero-order valence-corrected chi connectivity index (χ0v) is 11.3. The van der Waals surface area contributed by atoms with Crippen LogP contribution in [0.5, 0.6) is 0 Å². The van der Waals surface area contributed by atoms with E-state index in [9.17, 15) is 13.2 Å². The Morgan fingerprint density at radius 1 is 1.33 bits per heavy atom. The quantitative estimate of drug-likeness (QED) is 0.644. The minimum atomic E-state index is -3.00. The third-order valence-electron chi connectivity index (χ3n) is 1.69. The Labute approximate surface area is 116 Å². The van der Waals surface area contributed by atoms with Gasteiger partial charge in [-0.3, -0.25) is 4.79 Å². The van der Waals surface area contributed by atoms with Crippen LogP contribution < -0.4 is 5.73 Å². The van der Waals surface area contributed by atoms with Crippen LogP contribution in [0, 0.1) is 0 Å². The monoisotopic (exact) mass is 324 g/mol. The van der Waals surface area contributed by atoms with Crippen molar-refractivity contribution in [3.05, 3.63) is 30.3 Å². The largest absolute Gasteiger partial charge is 0.480 e. The molecule has 1 aromatic carbocycles. The van der Waals surface area contributed by atoms with E-state index in [0.29, 0.717) is 4.90 Å². The van der Waals surface area contributed by atoms with Crippen LogP contribution in [0.15, 0.2) is 35.2 Å². The standard InChI is InChI=1S/C7H8O2S.C3H7NO3.Cu/c1-10(8,9)7-5-3-2-4-6-7;4-2(1-5)3(6)7;/h2-6H,1H3;2,5H,1,4H2,(H,6,7);. The van der Waals surface area contributed by atoms with Crippen molar-refractivity contribution in [2.75, 3.05) is 12.9 Å². The van der Waals surface area contributed by atoms with Crippen LogP contribution in [-0.2, 0) is 31.7 Å². The van der Waals surface area contributed by atoms with Crippen molar-refractivity contribution < 1.29 is 40.5 Å². The Bertz CT molecular complexity index is 449. The predicted octanol–water partition coefficient (Wildman–Crippen LogP) is -0.522. The molecule has 1 rings (SSSR count). The zero-order chi connectivity index (χ0) is 13.5. The summed E-state index contributed by atoms with van der Waals surface area (Å²) in [6, 6.07) is 7.23. The third kappa shape index (κ3) is 8.21. The van der Waals surface area contributed by atoms with E-state index in [-0.39, 0.29) is 17.1 Å². The minimum absolute atomic E-state index is 0. The molecule has 0 bridgehead atoms. The fourth-order valence-electron chi connectivity index (χ4n) is 0.746. The van der Waals surface area contributed by atoms with E-state index in [1.807, 2.05) is 0 Å². The summed E-state index contributed by atoms with van der Waals surface area (Å²) in [4.78, 5) is 10.0. The molecule has 0 aromatic heterocycles. The first-order chi connectivity index (χ1) is 7.79. The molecule has 0 spiro atoms. The number of carbonyl (C=O) groups is 1. The van der Waals surface area contributed by atoms with Gasteiger partial charge in [0.05, 0.1) is 11.5 Å². The zero-order valence-electron chi connectivity index (χ0n) is 9.58. The van der Waals surface area contributed by atoms with Gasteiger partial charge in [-0.15, -0.1) is 0 Å². The van der Waals surface area contributed by atoms with Gasteiger partial charge in [0, 0.05) is 23.3 Å². The van der Waals surface area contributed by atoms with Gasteiger partial charge in [0.25, 0.3) is 0 Å². The van der Waals surface area contributed by atoms with Crippen molar-refractivity contribution in [2.45, 2.75) is 10.9 Å². The maximum Gasteiger partial charge on any atom is 0.322 e. The molecule has 0 amide bonds. The second-order valence-corrected chi connectivity index (χ2v) is 5.23. The molecule has 0 saturated heterocycles. The molecular weight excluding hydrogens is 310 g/mol. The summed E-state index contributed by atoms with van der Waals surface area (Å²) in [5.74, 6) is -1.18. The smallest absolute Gasteiger partial charge is 0.322 e. The van der Waals surface area contributed by atoms with Crippen molar-refractivity contribution in [3.63, 3.8) is 0 Å². The number of nitrogens with two attached hydrogens (primary N) is 1. The van der Waals surface area contributed by atoms with E-state index in [1.165, 1.54) is 6.26 Å². The fraction of sp³-hybridized carbons (Fsp3) is 0.300. The summed E-state index contributed by atoms with van der Waals surface area (Å²) in [5.41, 5.74) is 4.77. The van der Waals surface area contributed by atoms with Crippen LogP contribution in [0.25, 0.3) is 0 Å². The number of aliphatic hydroxyl groups is 1. The number of carboxylic acid groups (broad SMARTS) is 1. The van der Waals surface area contributed by atoms with Crippen molar-refractivity contribution in [1.82, 2.24) is 0 Å². The number of hydrogen-bond donors (Lipinski definition) is 3. The predicted molar refractivity (Wildman–Crippen MR) is 62.2 cm³/mol. The molecule has 1 radical (unpaired) electrons. The molecule has 8 heteroatoms. The molecule has 0 saturated carbocycles. The maximum atomic E-state index is 10.8. The van der Waals surface area contributed by atoms with Crippen molar-refractivity contribution >= 4 is 15.8 Å². The summed E-state index contributed by atoms with van der Waals surface area (Å²) in [5, 5.41) is 15.9. The molecule has 107 valence electrons. The van der Waals surface area contributed by atoms with Gasteiger partial charge in [-0.1, -0.05) is 18.2 Å². The van der Waals surface area contributed by atoms with E-state index in [1.54, 1.807) is 30.3 Å². The van der Waals surface area contributed by atoms with Crippen LogP contribution >= 0.6 is 0 Å². The normalized spacial score (nSPS) is 11.5. The first kappa shape index (κ1) is 19.4. The molecule has 0 aliphatic carbocycles. The summed E-state index contributed by atoms with van der Waals surface area (Å²) >= 11 is 0.